The van der Waals surface area contributed by atoms with Crippen LogP contribution in [0, 0.1) is 5.41 Å². The van der Waals surface area contributed by atoms with Crippen molar-refractivity contribution in [1.29, 1.82) is 0 Å². The Balaban J connectivity index is 0.000000913. The molecule has 0 aliphatic heterocycles. The van der Waals surface area contributed by atoms with Gasteiger partial charge in [-0.15, -0.1) is 6.58 Å². The first kappa shape index (κ1) is 37.9. The molecule has 0 saturated heterocycles. The van der Waals surface area contributed by atoms with Gasteiger partial charge >= 0.3 is 0 Å². The van der Waals surface area contributed by atoms with Crippen molar-refractivity contribution >= 4 is 10.9 Å². The van der Waals surface area contributed by atoms with Gasteiger partial charge in [0.25, 0.3) is 0 Å². The molecule has 0 amide bonds. The molecule has 0 spiro atoms. The molecule has 0 radical (unpaired) electrons. The molecule has 0 aliphatic carbocycles. The minimum Gasteiger partial charge on any atom is -0.375 e. The first-order chi connectivity index (χ1) is 22.5. The summed E-state index contributed by atoms with van der Waals surface area (Å²) in [5, 5.41) is 1.30. The average Bonchev–Trinajstić information content (AvgIpc) is 3.37. The van der Waals surface area contributed by atoms with Crippen LogP contribution in [0.2, 0.25) is 0 Å². The number of hydrazine groups is 1. The Morgan fingerprint density at radius 3 is 2.47 bits per heavy atom. The molecule has 2 unspecified atom stereocenters. The van der Waals surface area contributed by atoms with Crippen LogP contribution in [0.1, 0.15) is 90.2 Å². The van der Waals surface area contributed by atoms with Crippen LogP contribution in [0.3, 0.4) is 0 Å². The number of ether oxygens (including phenoxy) is 1. The summed E-state index contributed by atoms with van der Waals surface area (Å²) in [6.07, 6.45) is 9.99. The van der Waals surface area contributed by atoms with Gasteiger partial charge in [-0.25, -0.2) is 0 Å². The molecular formula is C41H59N5O. The first-order valence-corrected chi connectivity index (χ1v) is 17.2. The van der Waals surface area contributed by atoms with Crippen molar-refractivity contribution in [1.82, 2.24) is 15.0 Å². The molecule has 2 aromatic carbocycles. The van der Waals surface area contributed by atoms with Crippen molar-refractivity contribution in [2.45, 2.75) is 98.8 Å². The van der Waals surface area contributed by atoms with Crippen LogP contribution >= 0.6 is 0 Å². The van der Waals surface area contributed by atoms with Crippen LogP contribution < -0.4 is 17.0 Å². The lowest BCUT2D eigenvalue weighted by atomic mass is 9.80. The molecule has 4 aromatic rings. The predicted molar refractivity (Wildman–Crippen MR) is 202 cm³/mol. The SMILES string of the molecule is C=CCCC(C)(C)Cc1c(-c2cccnc2C(C)OC)n(CC)c2ccc(-c3cccc(CC(N)C(=C)C)c3)cc12.CCCCNN. The molecule has 2 aromatic heterocycles. The molecule has 0 fully saturated rings. The van der Waals surface area contributed by atoms with Crippen LogP contribution in [-0.4, -0.2) is 29.2 Å². The smallest absolute Gasteiger partial charge is 0.0969 e. The molecular weight excluding hydrogens is 578 g/mol. The Morgan fingerprint density at radius 2 is 1.85 bits per heavy atom. The summed E-state index contributed by atoms with van der Waals surface area (Å²) in [5.41, 5.74) is 19.6. The van der Waals surface area contributed by atoms with E-state index < -0.39 is 0 Å². The molecule has 4 rings (SSSR count). The normalized spacial score (nSPS) is 12.8. The van der Waals surface area contributed by atoms with Gasteiger partial charge in [0, 0.05) is 48.9 Å². The summed E-state index contributed by atoms with van der Waals surface area (Å²) in [6, 6.07) is 19.9. The van der Waals surface area contributed by atoms with Gasteiger partial charge in [-0.05, 0) is 105 Å². The number of hydrogen-bond donors (Lipinski definition) is 3. The second kappa shape index (κ2) is 18.1. The Bertz CT molecular complexity index is 1600. The van der Waals surface area contributed by atoms with E-state index in [1.807, 2.05) is 25.3 Å². The number of benzene rings is 2. The second-order valence-corrected chi connectivity index (χ2v) is 13.5. The van der Waals surface area contributed by atoms with Crippen molar-refractivity contribution in [3.05, 3.63) is 102 Å². The highest BCUT2D eigenvalue weighted by molar-refractivity contribution is 5.95. The highest BCUT2D eigenvalue weighted by Gasteiger charge is 2.27. The van der Waals surface area contributed by atoms with Crippen molar-refractivity contribution in [2.75, 3.05) is 13.7 Å². The lowest BCUT2D eigenvalue weighted by Crippen LogP contribution is -2.23. The van der Waals surface area contributed by atoms with Crippen LogP contribution in [0.25, 0.3) is 33.3 Å². The quantitative estimate of drug-likeness (QED) is 0.0493. The zero-order valence-corrected chi connectivity index (χ0v) is 30.0. The zero-order valence-electron chi connectivity index (χ0n) is 30.0. The number of nitrogens with zero attached hydrogens (tertiary/aromatic N) is 2. The van der Waals surface area contributed by atoms with E-state index in [0.29, 0.717) is 0 Å². The van der Waals surface area contributed by atoms with E-state index in [9.17, 15) is 0 Å². The van der Waals surface area contributed by atoms with Gasteiger partial charge in [-0.2, -0.15) is 0 Å². The number of allylic oxidation sites excluding steroid dienone is 1. The second-order valence-electron chi connectivity index (χ2n) is 13.5. The maximum absolute atomic E-state index is 6.34. The average molecular weight is 638 g/mol. The Morgan fingerprint density at radius 1 is 1.11 bits per heavy atom. The van der Waals surface area contributed by atoms with Crippen molar-refractivity contribution < 1.29 is 4.74 Å². The number of nitrogens with one attached hydrogen (secondary N) is 1. The van der Waals surface area contributed by atoms with E-state index in [0.717, 1.165) is 55.6 Å². The standard InChI is InChI=1S/C37H47N3O.C4H12N2/c1-9-11-19-37(6,7)24-32-31-23-29(28-15-12-14-27(21-28)22-33(38)25(3)4)17-18-34(31)40(10-2)36(32)30-16-13-20-39-35(30)26(5)41-8;1-2-3-4-6-5/h9,12-18,20-21,23,26,33H,1,3,10-11,19,22,24,38H2,2,4-8H3;6H,2-5H2,1H3. The summed E-state index contributed by atoms with van der Waals surface area (Å²) in [5.74, 6) is 4.96. The van der Waals surface area contributed by atoms with Gasteiger partial charge in [-0.3, -0.25) is 16.3 Å². The van der Waals surface area contributed by atoms with Gasteiger partial charge < -0.3 is 15.0 Å². The number of methoxy groups -OCH3 is 1. The summed E-state index contributed by atoms with van der Waals surface area (Å²) < 4.78 is 8.23. The third-order valence-electron chi connectivity index (χ3n) is 9.02. The van der Waals surface area contributed by atoms with E-state index in [-0.39, 0.29) is 17.6 Å². The molecule has 254 valence electrons. The molecule has 6 heteroatoms. The van der Waals surface area contributed by atoms with Gasteiger partial charge in [0.2, 0.25) is 0 Å². The third kappa shape index (κ3) is 9.97. The largest absolute Gasteiger partial charge is 0.375 e. The van der Waals surface area contributed by atoms with Crippen LogP contribution in [0.15, 0.2) is 85.6 Å². The highest BCUT2D eigenvalue weighted by Crippen LogP contribution is 2.42. The zero-order chi connectivity index (χ0) is 34.6. The number of aromatic nitrogens is 2. The van der Waals surface area contributed by atoms with Crippen molar-refractivity contribution in [3.8, 4) is 22.4 Å². The lowest BCUT2D eigenvalue weighted by molar-refractivity contribution is 0.116. The van der Waals surface area contributed by atoms with E-state index >= 15 is 0 Å². The highest BCUT2D eigenvalue weighted by atomic mass is 16.5. The molecule has 0 aliphatic rings. The van der Waals surface area contributed by atoms with Crippen LogP contribution in [-0.2, 0) is 24.1 Å². The van der Waals surface area contributed by atoms with E-state index in [4.69, 9.17) is 21.3 Å². The monoisotopic (exact) mass is 637 g/mol. The maximum atomic E-state index is 6.34. The molecule has 2 heterocycles. The fourth-order valence-electron chi connectivity index (χ4n) is 6.12. The minimum absolute atomic E-state index is 0.0403. The van der Waals surface area contributed by atoms with Gasteiger partial charge in [-0.1, -0.05) is 75.8 Å². The van der Waals surface area contributed by atoms with Crippen LogP contribution in [0.5, 0.6) is 0 Å². The Hall–Kier alpha value is -3.55. The topological polar surface area (TPSA) is 91.1 Å². The molecule has 0 saturated carbocycles. The van der Waals surface area contributed by atoms with E-state index in [1.165, 1.54) is 51.7 Å². The molecule has 0 bridgehead atoms. The summed E-state index contributed by atoms with van der Waals surface area (Å²) in [4.78, 5) is 4.80. The summed E-state index contributed by atoms with van der Waals surface area (Å²) in [6.45, 7) is 23.0. The predicted octanol–water partition coefficient (Wildman–Crippen LogP) is 9.33. The number of aryl methyl sites for hydroxylation is 1. The van der Waals surface area contributed by atoms with E-state index in [1.54, 1.807) is 7.11 Å². The van der Waals surface area contributed by atoms with Crippen LogP contribution in [0.4, 0.5) is 0 Å². The number of hydrogen-bond acceptors (Lipinski definition) is 5. The van der Waals surface area contributed by atoms with Gasteiger partial charge in [0.15, 0.2) is 0 Å². The molecule has 2 atom stereocenters. The third-order valence-corrected chi connectivity index (χ3v) is 9.02. The fourth-order valence-corrected chi connectivity index (χ4v) is 6.12. The number of nitrogens with two attached hydrogens (primary N) is 2. The molecule has 6 nitrogen and oxygen atoms in total. The first-order valence-electron chi connectivity index (χ1n) is 17.2. The minimum atomic E-state index is -0.111. The summed E-state index contributed by atoms with van der Waals surface area (Å²) >= 11 is 0. The number of unbranched alkanes of at least 4 members (excludes halogenated alkanes) is 1. The van der Waals surface area contributed by atoms with E-state index in [2.05, 4.69) is 106 Å². The number of fused-ring (bicyclic) bond motifs is 1. The van der Waals surface area contributed by atoms with Crippen molar-refractivity contribution in [3.63, 3.8) is 0 Å². The van der Waals surface area contributed by atoms with Crippen molar-refractivity contribution in [2.24, 2.45) is 17.0 Å². The Kier molecular flexibility index (Phi) is 14.6. The maximum Gasteiger partial charge on any atom is 0.0969 e. The lowest BCUT2D eigenvalue weighted by Gasteiger charge is -2.25. The number of pyridine rings is 1. The van der Waals surface area contributed by atoms with Gasteiger partial charge in [0.05, 0.1) is 17.5 Å². The fraction of sp³-hybridized carbons (Fsp3) is 0.439. The molecule has 47 heavy (non-hydrogen) atoms. The van der Waals surface area contributed by atoms with Gasteiger partial charge in [0.1, 0.15) is 0 Å². The summed E-state index contributed by atoms with van der Waals surface area (Å²) in [7, 11) is 1.75. The molecule has 5 N–H and O–H groups in total. The number of rotatable bonds is 16. The Labute approximate surface area is 284 Å².